The van der Waals surface area contributed by atoms with Crippen molar-refractivity contribution in [3.05, 3.63) is 35.5 Å². The number of halogens is 1. The van der Waals surface area contributed by atoms with Gasteiger partial charge in [0.25, 0.3) is 0 Å². The Labute approximate surface area is 251 Å². The Morgan fingerprint density at radius 2 is 2.00 bits per heavy atom. The number of unbranched alkanes of at least 4 members (excludes halogenated alkanes) is 1. The fourth-order valence-electron chi connectivity index (χ4n) is 4.82. The van der Waals surface area contributed by atoms with Crippen LogP contribution in [0.4, 0.5) is 27.5 Å². The molecule has 3 atom stereocenters. The van der Waals surface area contributed by atoms with Gasteiger partial charge in [-0.25, -0.2) is 9.37 Å². The van der Waals surface area contributed by atoms with Crippen molar-refractivity contribution < 1.29 is 14.3 Å². The molecule has 0 bridgehead atoms. The third-order valence-corrected chi connectivity index (χ3v) is 7.98. The highest BCUT2D eigenvalue weighted by atomic mass is 19.1. The summed E-state index contributed by atoms with van der Waals surface area (Å²) in [4.78, 5) is 25.1. The van der Waals surface area contributed by atoms with E-state index in [0.29, 0.717) is 62.2 Å². The molecule has 10 heteroatoms. The summed E-state index contributed by atoms with van der Waals surface area (Å²) in [6.45, 7) is 16.3. The molecule has 4 N–H and O–H groups in total. The molecule has 42 heavy (non-hydrogen) atoms. The van der Waals surface area contributed by atoms with E-state index < -0.39 is 11.3 Å². The number of amides is 1. The zero-order chi connectivity index (χ0) is 31.7. The number of benzene rings is 1. The number of aromatic nitrogens is 2. The maximum absolute atomic E-state index is 15.4. The number of alkyl halides is 1. The first-order valence-electron chi connectivity index (χ1n) is 15.0. The first-order chi connectivity index (χ1) is 19.7. The molecule has 0 radical (unpaired) electrons. The summed E-state index contributed by atoms with van der Waals surface area (Å²) in [5.41, 5.74) is 6.02. The van der Waals surface area contributed by atoms with Crippen molar-refractivity contribution in [2.24, 2.45) is 17.6 Å². The lowest BCUT2D eigenvalue weighted by atomic mass is 9.75. The van der Waals surface area contributed by atoms with Crippen molar-refractivity contribution in [2.45, 2.75) is 92.3 Å². The lowest BCUT2D eigenvalue weighted by Gasteiger charge is -2.45. The topological polar surface area (TPSA) is 131 Å². The van der Waals surface area contributed by atoms with E-state index in [1.54, 1.807) is 25.7 Å². The molecule has 1 fully saturated rings. The summed E-state index contributed by atoms with van der Waals surface area (Å²) in [6, 6.07) is 7.70. The Kier molecular flexibility index (Phi) is 12.7. The number of nitrogens with two attached hydrogens (primary N) is 1. The van der Waals surface area contributed by atoms with Crippen LogP contribution in [-0.4, -0.2) is 58.4 Å². The van der Waals surface area contributed by atoms with E-state index in [1.165, 1.54) is 26.0 Å². The first kappa shape index (κ1) is 34.9. The molecule has 1 amide bonds. The molecule has 1 aliphatic heterocycles. The van der Waals surface area contributed by atoms with Gasteiger partial charge in [0.1, 0.15) is 17.3 Å². The van der Waals surface area contributed by atoms with Crippen LogP contribution in [0.1, 0.15) is 85.3 Å². The number of hydrogen-bond acceptors (Lipinski definition) is 8. The van der Waals surface area contributed by atoms with Gasteiger partial charge in [-0.2, -0.15) is 10.2 Å². The number of piperidine rings is 1. The van der Waals surface area contributed by atoms with Crippen LogP contribution in [0.25, 0.3) is 0 Å². The van der Waals surface area contributed by atoms with Gasteiger partial charge in [0, 0.05) is 49.8 Å². The molecule has 0 aliphatic carbocycles. The molecular formula is C32H50FN7O2. The number of nitrogens with zero attached hydrogens (tertiary/aromatic N) is 5. The normalized spacial score (nSPS) is 20.3. The van der Waals surface area contributed by atoms with Gasteiger partial charge in [0.2, 0.25) is 11.9 Å². The van der Waals surface area contributed by atoms with Crippen molar-refractivity contribution in [3.8, 4) is 6.07 Å². The van der Waals surface area contributed by atoms with Gasteiger partial charge in [-0.1, -0.05) is 39.7 Å². The maximum Gasteiger partial charge on any atom is 0.227 e. The third-order valence-electron chi connectivity index (χ3n) is 7.98. The van der Waals surface area contributed by atoms with Gasteiger partial charge in [-0.05, 0) is 64.8 Å². The molecule has 3 rings (SSSR count). The van der Waals surface area contributed by atoms with Gasteiger partial charge < -0.3 is 26.0 Å². The molecule has 232 valence electrons. The molecule has 2 aromatic rings. The standard InChI is InChI=1S/C28H40FN7O2.C4H10/c1-18-7-8-23(13-24(18)36(20(3)37)12-10-27(4,5)38)33-25-21(14-31)15-32-26(34-25)35-16-19(2)28(6,29)22(17-35)9-11-30;1-3-4-2/h7-8,13,15,19,22,38H,9-12,16-17,30H2,1-6H3,(H,32,33,34);3-4H2,1-2H3. The molecule has 1 aliphatic rings. The predicted molar refractivity (Wildman–Crippen MR) is 169 cm³/mol. The van der Waals surface area contributed by atoms with Crippen LogP contribution in [0, 0.1) is 30.1 Å². The number of nitriles is 1. The minimum Gasteiger partial charge on any atom is -0.390 e. The second-order valence-electron chi connectivity index (χ2n) is 12.1. The lowest BCUT2D eigenvalue weighted by molar-refractivity contribution is -0.116. The molecule has 1 aromatic heterocycles. The fourth-order valence-corrected chi connectivity index (χ4v) is 4.82. The highest BCUT2D eigenvalue weighted by Gasteiger charge is 2.45. The van der Waals surface area contributed by atoms with E-state index in [1.807, 2.05) is 36.9 Å². The summed E-state index contributed by atoms with van der Waals surface area (Å²) >= 11 is 0. The van der Waals surface area contributed by atoms with Crippen LogP contribution in [0.3, 0.4) is 0 Å². The summed E-state index contributed by atoms with van der Waals surface area (Å²) < 4.78 is 15.4. The van der Waals surface area contributed by atoms with Gasteiger partial charge in [0.05, 0.1) is 11.8 Å². The number of aliphatic hydroxyl groups is 1. The highest BCUT2D eigenvalue weighted by molar-refractivity contribution is 5.93. The average molecular weight is 584 g/mol. The van der Waals surface area contributed by atoms with Crippen LogP contribution < -0.4 is 20.9 Å². The van der Waals surface area contributed by atoms with E-state index in [2.05, 4.69) is 35.2 Å². The monoisotopic (exact) mass is 583 g/mol. The second-order valence-corrected chi connectivity index (χ2v) is 12.1. The predicted octanol–water partition coefficient (Wildman–Crippen LogP) is 5.87. The van der Waals surface area contributed by atoms with Crippen molar-refractivity contribution in [1.29, 1.82) is 5.26 Å². The molecule has 2 heterocycles. The minimum atomic E-state index is -1.34. The Bertz CT molecular complexity index is 1220. The number of carbonyl (C=O) groups is 1. The second kappa shape index (κ2) is 15.3. The van der Waals surface area contributed by atoms with Gasteiger partial charge in [0.15, 0.2) is 5.82 Å². The molecular weight excluding hydrogens is 533 g/mol. The minimum absolute atomic E-state index is 0.136. The van der Waals surface area contributed by atoms with E-state index >= 15 is 4.39 Å². The summed E-state index contributed by atoms with van der Waals surface area (Å²) in [5.74, 6) is 0.105. The van der Waals surface area contributed by atoms with Crippen molar-refractivity contribution in [2.75, 3.05) is 41.3 Å². The van der Waals surface area contributed by atoms with Crippen LogP contribution in [0.5, 0.6) is 0 Å². The Hall–Kier alpha value is -3.29. The Morgan fingerprint density at radius 3 is 2.55 bits per heavy atom. The first-order valence-corrected chi connectivity index (χ1v) is 15.0. The van der Waals surface area contributed by atoms with Gasteiger partial charge in [-0.3, -0.25) is 4.79 Å². The van der Waals surface area contributed by atoms with Crippen LogP contribution in [-0.2, 0) is 4.79 Å². The fraction of sp³-hybridized carbons (Fsp3) is 0.625. The van der Waals surface area contributed by atoms with E-state index in [0.717, 1.165) is 5.56 Å². The van der Waals surface area contributed by atoms with E-state index in [4.69, 9.17) is 5.73 Å². The number of carbonyl (C=O) groups excluding carboxylic acids is 1. The molecule has 1 saturated heterocycles. The molecule has 0 saturated carbocycles. The largest absolute Gasteiger partial charge is 0.390 e. The van der Waals surface area contributed by atoms with Crippen LogP contribution in [0.2, 0.25) is 0 Å². The van der Waals surface area contributed by atoms with Crippen LogP contribution in [0.15, 0.2) is 24.4 Å². The maximum atomic E-state index is 15.4. The van der Waals surface area contributed by atoms with E-state index in [9.17, 15) is 15.2 Å². The van der Waals surface area contributed by atoms with Gasteiger partial charge in [-0.15, -0.1) is 0 Å². The highest BCUT2D eigenvalue weighted by Crippen LogP contribution is 2.39. The summed E-state index contributed by atoms with van der Waals surface area (Å²) in [6.07, 6.45) is 5.08. The summed E-state index contributed by atoms with van der Waals surface area (Å²) in [5, 5.41) is 23.1. The number of nitrogens with one attached hydrogen (secondary N) is 1. The summed E-state index contributed by atoms with van der Waals surface area (Å²) in [7, 11) is 0. The van der Waals surface area contributed by atoms with Gasteiger partial charge >= 0.3 is 0 Å². The quantitative estimate of drug-likeness (QED) is 0.316. The molecule has 1 aromatic carbocycles. The van der Waals surface area contributed by atoms with Crippen molar-refractivity contribution >= 4 is 29.0 Å². The molecule has 0 spiro atoms. The Balaban J connectivity index is 0.00000144. The lowest BCUT2D eigenvalue weighted by Crippen LogP contribution is -2.54. The number of hydrogen-bond donors (Lipinski definition) is 3. The molecule has 9 nitrogen and oxygen atoms in total. The zero-order valence-corrected chi connectivity index (χ0v) is 26.7. The number of anilines is 4. The third kappa shape index (κ3) is 9.36. The smallest absolute Gasteiger partial charge is 0.227 e. The number of aryl methyl sites for hydroxylation is 1. The average Bonchev–Trinajstić information content (AvgIpc) is 2.92. The zero-order valence-electron chi connectivity index (χ0n) is 26.7. The SMILES string of the molecule is CC(=O)N(CCC(C)(C)O)c1cc(Nc2nc(N3CC(C)C(C)(F)C(CCN)C3)ncc2C#N)ccc1C.CCCC. The van der Waals surface area contributed by atoms with Crippen molar-refractivity contribution in [1.82, 2.24) is 9.97 Å². The Morgan fingerprint density at radius 1 is 1.33 bits per heavy atom. The van der Waals surface area contributed by atoms with Crippen molar-refractivity contribution in [3.63, 3.8) is 0 Å². The molecule has 3 unspecified atom stereocenters. The number of rotatable bonds is 10. The van der Waals surface area contributed by atoms with E-state index in [-0.39, 0.29) is 23.3 Å². The van der Waals surface area contributed by atoms with Crippen LogP contribution >= 0.6 is 0 Å².